The first-order chi connectivity index (χ1) is 19.4. The Morgan fingerprint density at radius 1 is 1.25 bits per heavy atom. The van der Waals surface area contributed by atoms with Crippen LogP contribution >= 0.6 is 22.9 Å². The summed E-state index contributed by atoms with van der Waals surface area (Å²) in [5.41, 5.74) is 0.172. The summed E-state index contributed by atoms with van der Waals surface area (Å²) in [6, 6.07) is 6.45. The molecule has 0 radical (unpaired) electrons. The zero-order chi connectivity index (χ0) is 28.5. The van der Waals surface area contributed by atoms with E-state index in [0.717, 1.165) is 25.9 Å². The van der Waals surface area contributed by atoms with Crippen molar-refractivity contribution in [1.29, 1.82) is 0 Å². The molecule has 0 bridgehead atoms. The van der Waals surface area contributed by atoms with Crippen molar-refractivity contribution in [2.45, 2.75) is 31.8 Å². The van der Waals surface area contributed by atoms with Gasteiger partial charge >= 0.3 is 0 Å². The summed E-state index contributed by atoms with van der Waals surface area (Å²) >= 11 is 1.87. The van der Waals surface area contributed by atoms with E-state index in [-0.39, 0.29) is 35.6 Å². The molecular formula is C26H32FIN6O6. The Bertz CT molecular complexity index is 1250. The number of halogens is 2. The number of furan rings is 1. The van der Waals surface area contributed by atoms with E-state index in [2.05, 4.69) is 23.9 Å². The third kappa shape index (κ3) is 7.77. The van der Waals surface area contributed by atoms with Crippen LogP contribution in [0.2, 0.25) is 0 Å². The molecule has 2 atom stereocenters. The van der Waals surface area contributed by atoms with Crippen molar-refractivity contribution >= 4 is 34.7 Å². The van der Waals surface area contributed by atoms with E-state index < -0.39 is 23.8 Å². The number of amides is 2. The third-order valence-electron chi connectivity index (χ3n) is 6.49. The van der Waals surface area contributed by atoms with Gasteiger partial charge in [-0.1, -0.05) is 5.16 Å². The van der Waals surface area contributed by atoms with Gasteiger partial charge in [-0.15, -0.1) is 0 Å². The highest BCUT2D eigenvalue weighted by Gasteiger charge is 2.25. The molecule has 3 aromatic rings. The lowest BCUT2D eigenvalue weighted by molar-refractivity contribution is -0.132. The zero-order valence-corrected chi connectivity index (χ0v) is 24.2. The van der Waals surface area contributed by atoms with Crippen molar-refractivity contribution in [3.05, 3.63) is 54.1 Å². The van der Waals surface area contributed by atoms with Gasteiger partial charge in [0.2, 0.25) is 17.6 Å². The summed E-state index contributed by atoms with van der Waals surface area (Å²) in [4.78, 5) is 33.3. The molecule has 1 aliphatic rings. The van der Waals surface area contributed by atoms with E-state index in [0.29, 0.717) is 32.0 Å². The van der Waals surface area contributed by atoms with Crippen LogP contribution in [0.1, 0.15) is 42.3 Å². The molecule has 1 aromatic carbocycles. The minimum absolute atomic E-state index is 0.0899. The van der Waals surface area contributed by atoms with Crippen molar-refractivity contribution in [2.24, 2.45) is 0 Å². The quantitative estimate of drug-likeness (QED) is 0.149. The maximum atomic E-state index is 14.7. The fourth-order valence-corrected chi connectivity index (χ4v) is 4.78. The van der Waals surface area contributed by atoms with Gasteiger partial charge < -0.3 is 33.9 Å². The van der Waals surface area contributed by atoms with Gasteiger partial charge in [0.05, 0.1) is 25.0 Å². The number of aromatic nitrogens is 2. The van der Waals surface area contributed by atoms with Crippen LogP contribution in [0.25, 0.3) is 11.4 Å². The molecule has 40 heavy (non-hydrogen) atoms. The molecule has 2 aromatic heterocycles. The Kier molecular flexibility index (Phi) is 10.9. The Labute approximate surface area is 244 Å². The molecule has 12 nitrogen and oxygen atoms in total. The molecule has 1 aliphatic heterocycles. The number of benzene rings is 1. The Balaban J connectivity index is 1.19. The molecule has 3 N–H and O–H groups in total. The Hall–Kier alpha value is -3.08. The predicted molar refractivity (Wildman–Crippen MR) is 150 cm³/mol. The maximum Gasteiger partial charge on any atom is 0.287 e. The lowest BCUT2D eigenvalue weighted by Crippen LogP contribution is -2.48. The first kappa shape index (κ1) is 29.9. The minimum atomic E-state index is -0.656. The van der Waals surface area contributed by atoms with Crippen LogP contribution < -0.4 is 13.6 Å². The molecular weight excluding hydrogens is 638 g/mol. The maximum absolute atomic E-state index is 14.7. The van der Waals surface area contributed by atoms with Crippen LogP contribution in [-0.4, -0.2) is 88.8 Å². The number of nitrogens with one attached hydrogen (secondary N) is 2. The van der Waals surface area contributed by atoms with Crippen molar-refractivity contribution < 1.29 is 32.8 Å². The highest BCUT2D eigenvalue weighted by molar-refractivity contribution is 14.1. The van der Waals surface area contributed by atoms with Gasteiger partial charge in [0, 0.05) is 55.1 Å². The van der Waals surface area contributed by atoms with E-state index in [4.69, 9.17) is 13.7 Å². The number of aliphatic hydroxyl groups is 1. The average Bonchev–Trinajstić information content (AvgIpc) is 3.61. The first-order valence-corrected chi connectivity index (χ1v) is 14.1. The fraction of sp³-hybridized carbons (Fsp3) is 0.462. The van der Waals surface area contributed by atoms with Gasteiger partial charge in [-0.25, -0.2) is 7.92 Å². The number of hydrogen-bond acceptors (Lipinski definition) is 10. The lowest BCUT2D eigenvalue weighted by atomic mass is 10.2. The van der Waals surface area contributed by atoms with E-state index in [9.17, 15) is 19.1 Å². The average molecular weight is 670 g/mol. The van der Waals surface area contributed by atoms with Crippen LogP contribution in [0.15, 0.2) is 45.5 Å². The topological polar surface area (TPSA) is 146 Å². The van der Waals surface area contributed by atoms with E-state index in [1.54, 1.807) is 30.0 Å². The zero-order valence-electron chi connectivity index (χ0n) is 22.0. The molecule has 1 fully saturated rings. The third-order valence-corrected chi connectivity index (χ3v) is 7.24. The van der Waals surface area contributed by atoms with Gasteiger partial charge in [0.1, 0.15) is 23.7 Å². The summed E-state index contributed by atoms with van der Waals surface area (Å²) in [6.07, 6.45) is 2.97. The molecule has 0 unspecified atom stereocenters. The number of ether oxygens (including phenoxy) is 1. The number of carbonyl (C=O) groups is 2. The van der Waals surface area contributed by atoms with Crippen LogP contribution in [-0.2, 0) is 4.79 Å². The smallest absolute Gasteiger partial charge is 0.287 e. The molecule has 216 valence electrons. The Morgan fingerprint density at radius 3 is 2.83 bits per heavy atom. The van der Waals surface area contributed by atoms with Gasteiger partial charge in [-0.3, -0.25) is 9.59 Å². The van der Waals surface area contributed by atoms with Gasteiger partial charge in [-0.2, -0.15) is 4.98 Å². The summed E-state index contributed by atoms with van der Waals surface area (Å²) < 4.78 is 33.5. The number of carbonyl (C=O) groups excluding carboxylic acids is 2. The normalized spacial score (nSPS) is 15.8. The molecule has 0 saturated carbocycles. The van der Waals surface area contributed by atoms with Gasteiger partial charge in [0.25, 0.3) is 5.91 Å². The monoisotopic (exact) mass is 670 g/mol. The minimum Gasteiger partial charge on any atom is -0.493 e. The van der Waals surface area contributed by atoms with Crippen molar-refractivity contribution in [3.63, 3.8) is 0 Å². The lowest BCUT2D eigenvalue weighted by Gasteiger charge is -2.25. The predicted octanol–water partition coefficient (Wildman–Crippen LogP) is 2.56. The SMILES string of the molecule is C[C@H](NC(=O)c1ccco1)C(=O)N1CCCN(CCCOc2ccc(-c3noc([C@H](CO)NI)n3)c(F)c2)CC1. The second-order valence-electron chi connectivity index (χ2n) is 9.34. The number of rotatable bonds is 12. The Morgan fingerprint density at radius 2 is 2.10 bits per heavy atom. The highest BCUT2D eigenvalue weighted by Crippen LogP contribution is 2.25. The molecule has 1 saturated heterocycles. The number of aliphatic hydroxyl groups excluding tert-OH is 1. The van der Waals surface area contributed by atoms with Crippen molar-refractivity contribution in [2.75, 3.05) is 45.9 Å². The van der Waals surface area contributed by atoms with E-state index in [1.807, 2.05) is 22.9 Å². The fourth-order valence-electron chi connectivity index (χ4n) is 4.32. The summed E-state index contributed by atoms with van der Waals surface area (Å²) in [6.45, 7) is 5.36. The van der Waals surface area contributed by atoms with Crippen LogP contribution in [0, 0.1) is 5.82 Å². The molecule has 0 aliphatic carbocycles. The van der Waals surface area contributed by atoms with Crippen molar-refractivity contribution in [1.82, 2.24) is 28.8 Å². The van der Waals surface area contributed by atoms with Gasteiger partial charge in [-0.05, 0) is 50.6 Å². The van der Waals surface area contributed by atoms with E-state index >= 15 is 0 Å². The number of nitrogens with zero attached hydrogens (tertiary/aromatic N) is 4. The van der Waals surface area contributed by atoms with Crippen molar-refractivity contribution in [3.8, 4) is 17.1 Å². The first-order valence-electron chi connectivity index (χ1n) is 13.0. The standard InChI is InChI=1S/C26H32FIN6O6/c1-17(29-24(36)22-5-2-13-39-22)26(37)34-10-3-8-33(11-12-34)9-4-14-38-18-6-7-19(20(27)15-18)23-30-25(40-32-23)21(16-35)31-28/h2,5-7,13,15,17,21,31,35H,3-4,8-12,14,16H2,1H3,(H,29,36)/t17-,21-/m0/s1. The second kappa shape index (κ2) is 14.5. The van der Waals surface area contributed by atoms with Gasteiger partial charge in [0.15, 0.2) is 5.76 Å². The summed E-state index contributed by atoms with van der Waals surface area (Å²) in [7, 11) is 0. The largest absolute Gasteiger partial charge is 0.493 e. The molecule has 3 heterocycles. The number of hydrogen-bond donors (Lipinski definition) is 3. The van der Waals surface area contributed by atoms with Crippen LogP contribution in [0.3, 0.4) is 0 Å². The summed E-state index contributed by atoms with van der Waals surface area (Å²) in [5.74, 6) is -0.259. The highest BCUT2D eigenvalue weighted by atomic mass is 127. The molecule has 0 spiro atoms. The van der Waals surface area contributed by atoms with Crippen LogP contribution in [0.5, 0.6) is 5.75 Å². The summed E-state index contributed by atoms with van der Waals surface area (Å²) in [5, 5.41) is 15.8. The molecule has 2 amide bonds. The second-order valence-corrected chi connectivity index (χ2v) is 9.96. The van der Waals surface area contributed by atoms with E-state index in [1.165, 1.54) is 18.4 Å². The molecule has 14 heteroatoms. The van der Waals surface area contributed by atoms with Crippen LogP contribution in [0.4, 0.5) is 4.39 Å². The molecule has 4 rings (SSSR count).